The van der Waals surface area contributed by atoms with E-state index in [1.54, 1.807) is 0 Å². The standard InChI is InChI=1S/C82H139N9O56/c1-26(100)86-42-31(105)15-82(147-68(42)47(107)32(106)16-92,81(124)84-7-9-126-11-13-128-14-12-127-10-8-85-91-83)130-25-41-51(111)58(118)62(122)77(139-41)142-66-38(22-98)137-75(46(56(66)116)90-30(5)104)146-71-60(120)50(110)35(19-95)133-80(71)144-69-52(112)40(138-78(63(69)123)143-67-39(23-99)135-73(44(54(67)114)88-28(3)102)140-64-36(20-96)134-72(125-6)43(53(64)113)87-27(2)101)24-129-79-70(59(119)49(109)34(18-94)132-79)145-74-45(89-29(4)103)55(115)65(37(21-97)136-74)141-76-61(121)57(117)48(108)33(17-93)131-76/h31-80,92-99,105-123H,7-25H2,1-6H3,(H,84,124)(H,86,100)(H,87,101)(H,88,102)(H,89,103)(H,90,104)/t31-,32+,33+,34+,35+,36+,37+,38+,39+,40+,41+,42+,43+,44+,45+,46+,47+,48-,49+,50+,51-,52+,53+,54+,55+,56+,57-,58-,59-,60-,61+,62+,63-,64+,65+,66+,67+,68+,69-,70-,71-,72+,73-,74-,75-,76-,77-,78-,79-,80+,82+/m0/s1. The first-order valence-corrected chi connectivity index (χ1v) is 47.0. The first-order valence-electron chi connectivity index (χ1n) is 47.0. The zero-order chi connectivity index (χ0) is 108. The van der Waals surface area contributed by atoms with Crippen LogP contribution in [0.15, 0.2) is 5.11 Å². The number of nitrogens with zero attached hydrogens (tertiary/aromatic N) is 3. The third kappa shape index (κ3) is 30.1. The van der Waals surface area contributed by atoms with E-state index >= 15 is 0 Å². The minimum Gasteiger partial charge on any atom is -0.394 e. The molecule has 0 aromatic rings. The number of carbonyl (C=O) groups is 6. The fourth-order valence-corrected chi connectivity index (χ4v) is 18.2. The van der Waals surface area contributed by atoms with Crippen LogP contribution in [0.3, 0.4) is 0 Å². The number of aliphatic hydroxyl groups is 27. The predicted octanol–water partition coefficient (Wildman–Crippen LogP) is -21.8. The van der Waals surface area contributed by atoms with Crippen LogP contribution in [0.2, 0.25) is 0 Å². The quantitative estimate of drug-likeness (QED) is 0.0116. The van der Waals surface area contributed by atoms with Gasteiger partial charge in [-0.15, -0.1) is 0 Å². The Hall–Kier alpha value is -5.87. The molecule has 10 rings (SSSR count). The number of azide groups is 1. The van der Waals surface area contributed by atoms with Crippen LogP contribution in [0, 0.1) is 0 Å². The van der Waals surface area contributed by atoms with Crippen molar-refractivity contribution in [1.29, 1.82) is 0 Å². The molecule has 33 N–H and O–H groups in total. The average Bonchev–Trinajstić information content (AvgIpc) is 0.717. The Morgan fingerprint density at radius 2 is 0.680 bits per heavy atom. The summed E-state index contributed by atoms with van der Waals surface area (Å²) >= 11 is 0. The van der Waals surface area contributed by atoms with Crippen molar-refractivity contribution in [2.75, 3.05) is 126 Å². The molecule has 10 aliphatic heterocycles. The van der Waals surface area contributed by atoms with Crippen LogP contribution in [-0.2, 0) is 138 Å². The maximum Gasteiger partial charge on any atom is 0.280 e. The molecule has 10 fully saturated rings. The smallest absolute Gasteiger partial charge is 0.280 e. The highest BCUT2D eigenvalue weighted by Gasteiger charge is 2.63. The van der Waals surface area contributed by atoms with Gasteiger partial charge in [0.05, 0.1) is 118 Å². The third-order valence-corrected chi connectivity index (χ3v) is 25.8. The Morgan fingerprint density at radius 1 is 0.354 bits per heavy atom. The molecule has 0 aromatic carbocycles. The molecule has 65 heteroatoms. The minimum absolute atomic E-state index is 0.0175. The molecule has 6 amide bonds. The molecule has 0 aliphatic carbocycles. The van der Waals surface area contributed by atoms with Gasteiger partial charge in [0.2, 0.25) is 29.5 Å². The van der Waals surface area contributed by atoms with Crippen LogP contribution >= 0.6 is 0 Å². The summed E-state index contributed by atoms with van der Waals surface area (Å²) in [5.41, 5.74) is 8.44. The third-order valence-electron chi connectivity index (χ3n) is 25.8. The van der Waals surface area contributed by atoms with Crippen LogP contribution in [0.5, 0.6) is 0 Å². The lowest BCUT2D eigenvalue weighted by Gasteiger charge is -2.51. The lowest BCUT2D eigenvalue weighted by molar-refractivity contribution is -0.399. The topological polar surface area (TPSA) is 982 Å². The lowest BCUT2D eigenvalue weighted by Crippen LogP contribution is -2.71. The highest BCUT2D eigenvalue weighted by Crippen LogP contribution is 2.42. The molecule has 10 heterocycles. The molecular formula is C82H139N9O56. The zero-order valence-corrected chi connectivity index (χ0v) is 80.1. The molecule has 0 saturated carbocycles. The van der Waals surface area contributed by atoms with E-state index in [0.29, 0.717) is 0 Å². The van der Waals surface area contributed by atoms with Gasteiger partial charge in [-0.3, -0.25) is 28.8 Å². The molecule has 0 radical (unpaired) electrons. The Bertz CT molecular complexity index is 4090. The highest BCUT2D eigenvalue weighted by molar-refractivity contribution is 5.84. The van der Waals surface area contributed by atoms with Crippen molar-refractivity contribution < 1.29 is 276 Å². The van der Waals surface area contributed by atoms with E-state index in [2.05, 4.69) is 41.9 Å². The maximum atomic E-state index is 14.6. The van der Waals surface area contributed by atoms with Gasteiger partial charge in [-0.25, -0.2) is 0 Å². The van der Waals surface area contributed by atoms with Crippen molar-refractivity contribution in [3.63, 3.8) is 0 Å². The van der Waals surface area contributed by atoms with E-state index in [1.165, 1.54) is 0 Å². The molecule has 10 aliphatic rings. The number of hydrogen-bond donors (Lipinski definition) is 33. The number of nitrogens with one attached hydrogen (secondary N) is 6. The van der Waals surface area contributed by atoms with Crippen LogP contribution in [-0.4, -0.2) is 612 Å². The van der Waals surface area contributed by atoms with Crippen molar-refractivity contribution in [1.82, 2.24) is 31.9 Å². The normalized spacial score (nSPS) is 43.5. The predicted molar refractivity (Wildman–Crippen MR) is 462 cm³/mol. The van der Waals surface area contributed by atoms with E-state index < -0.39 is 420 Å². The number of rotatable bonds is 49. The van der Waals surface area contributed by atoms with Crippen LogP contribution in [0.1, 0.15) is 41.0 Å². The monoisotopic (exact) mass is 2150 g/mol. The first-order chi connectivity index (χ1) is 69.8. The highest BCUT2D eigenvalue weighted by atomic mass is 16.8. The molecule has 0 bridgehead atoms. The molecule has 0 spiro atoms. The van der Waals surface area contributed by atoms with Gasteiger partial charge in [-0.05, 0) is 5.53 Å². The largest absolute Gasteiger partial charge is 0.394 e. The van der Waals surface area contributed by atoms with Crippen molar-refractivity contribution in [3.05, 3.63) is 10.4 Å². The summed E-state index contributed by atoms with van der Waals surface area (Å²) in [5.74, 6) is -8.73. The van der Waals surface area contributed by atoms with E-state index in [9.17, 15) is 167 Å². The molecule has 51 atom stereocenters. The minimum atomic E-state index is -2.90. The molecule has 0 aromatic heterocycles. The Morgan fingerprint density at radius 3 is 1.09 bits per heavy atom. The molecule has 10 saturated heterocycles. The van der Waals surface area contributed by atoms with Crippen LogP contribution in [0.25, 0.3) is 10.4 Å². The molecular weight excluding hydrogens is 2010 g/mol. The summed E-state index contributed by atoms with van der Waals surface area (Å²) < 4.78 is 137. The second-order valence-corrected chi connectivity index (χ2v) is 36.1. The number of carbonyl (C=O) groups excluding carboxylic acids is 6. The first kappa shape index (κ1) is 123. The number of aliphatic hydroxyl groups excluding tert-OH is 27. The number of ether oxygens (including phenoxy) is 23. The van der Waals surface area contributed by atoms with Gasteiger partial charge >= 0.3 is 0 Å². The summed E-state index contributed by atoms with van der Waals surface area (Å²) in [6.45, 7) is -7.05. The second kappa shape index (κ2) is 57.0. The lowest BCUT2D eigenvalue weighted by atomic mass is 9.88. The van der Waals surface area contributed by atoms with Crippen molar-refractivity contribution in [3.8, 4) is 0 Å². The summed E-state index contributed by atoms with van der Waals surface area (Å²) in [6.07, 6.45) is -98.3. The van der Waals surface area contributed by atoms with E-state index in [0.717, 1.165) is 41.7 Å². The van der Waals surface area contributed by atoms with Gasteiger partial charge in [0, 0.05) is 66.2 Å². The molecule has 848 valence electrons. The van der Waals surface area contributed by atoms with Gasteiger partial charge in [0.25, 0.3) is 11.7 Å². The van der Waals surface area contributed by atoms with Crippen molar-refractivity contribution in [2.45, 2.75) is 353 Å². The van der Waals surface area contributed by atoms with Crippen molar-refractivity contribution in [2.24, 2.45) is 5.11 Å². The van der Waals surface area contributed by atoms with E-state index in [-0.39, 0.29) is 52.7 Å². The Balaban J connectivity index is 0.945. The van der Waals surface area contributed by atoms with Gasteiger partial charge in [-0.2, -0.15) is 0 Å². The Kier molecular flexibility index (Phi) is 47.7. The van der Waals surface area contributed by atoms with Gasteiger partial charge in [0.15, 0.2) is 56.6 Å². The number of amides is 6. The van der Waals surface area contributed by atoms with Gasteiger partial charge < -0.3 is 279 Å². The molecule has 65 nitrogen and oxygen atoms in total. The van der Waals surface area contributed by atoms with Crippen molar-refractivity contribution >= 4 is 35.4 Å². The fraction of sp³-hybridized carbons (Fsp3) is 0.927. The summed E-state index contributed by atoms with van der Waals surface area (Å²) in [6, 6.07) is -9.18. The van der Waals surface area contributed by atoms with Crippen LogP contribution < -0.4 is 31.9 Å². The summed E-state index contributed by atoms with van der Waals surface area (Å²) in [4.78, 5) is 81.8. The average molecular weight is 2150 g/mol. The van der Waals surface area contributed by atoms with E-state index in [1.807, 2.05) is 0 Å². The van der Waals surface area contributed by atoms with Gasteiger partial charge in [-0.1, -0.05) is 5.11 Å². The number of hydrogen-bond acceptors (Lipinski definition) is 57. The molecule has 147 heavy (non-hydrogen) atoms. The fourth-order valence-electron chi connectivity index (χ4n) is 18.2. The second-order valence-electron chi connectivity index (χ2n) is 36.1. The SMILES string of the molecule is CO[C@@H]1O[C@H](CO)[C@@H](O[C@@H]2O[C@H](CO)[C@@H](O[C@@H]3O[C@H](CO[C@H]4O[C@H](CO)[C@@H](O)[C@H](O)[C@@H]4O[C@@H]4O[C@H](CO)[C@@H](O[C@@H]5O[C@H](CO)[C@H](O)[C@H](O)[C@H]5O)[C@H](O)[C@H]4NC(C)=O)[C@@H](O)[C@H](O[C@H]4O[C@H](CO)[C@@H](O)[C@H](O)[C@@H]4O[C@@H]4O[C@H](CO)[C@@H](O[C@@H]5O[C@H](CO[C@]6(C(=O)NCCOCCOCCOCCN=[N+]=[N-])C[C@H](O)[C@@H](NC(C)=O)[C@H]([C@H](O)[C@H](O)CO)O6)[C@H](O)[C@H](O)[C@H]5O)[C@H](O)[C@H]4NC(C)=O)[C@@H]3O)[C@H](O)[C@H]2NC(C)=O)[C@H](O)[C@H]1NC(C)=O. The Labute approximate surface area is 835 Å². The summed E-state index contributed by atoms with van der Waals surface area (Å²) in [5, 5.41) is 325. The van der Waals surface area contributed by atoms with E-state index in [4.69, 9.17) is 114 Å². The molecule has 0 unspecified atom stereocenters. The van der Waals surface area contributed by atoms with Gasteiger partial charge in [0.1, 0.15) is 238 Å². The zero-order valence-electron chi connectivity index (χ0n) is 80.1. The number of methoxy groups -OCH3 is 1. The van der Waals surface area contributed by atoms with Crippen LogP contribution in [0.4, 0.5) is 0 Å². The summed E-state index contributed by atoms with van der Waals surface area (Å²) in [7, 11) is 1.14. The maximum absolute atomic E-state index is 14.6.